The molecule has 0 bridgehead atoms. The van der Waals surface area contributed by atoms with Gasteiger partial charge in [0.1, 0.15) is 13.2 Å². The molecule has 3 heterocycles. The van der Waals surface area contributed by atoms with E-state index < -0.39 is 10.0 Å². The number of fused-ring (bicyclic) bond motifs is 1. The molecule has 0 spiro atoms. The lowest BCUT2D eigenvalue weighted by molar-refractivity contribution is -0.120. The van der Waals surface area contributed by atoms with E-state index in [1.165, 1.54) is 27.8 Å². The van der Waals surface area contributed by atoms with E-state index >= 15 is 0 Å². The highest BCUT2D eigenvalue weighted by Gasteiger charge is 2.33. The molecular weight excluding hydrogens is 474 g/mol. The van der Waals surface area contributed by atoms with Gasteiger partial charge in [-0.25, -0.2) is 13.4 Å². The van der Waals surface area contributed by atoms with Gasteiger partial charge in [-0.1, -0.05) is 41.7 Å². The summed E-state index contributed by atoms with van der Waals surface area (Å²) in [5, 5.41) is 3.49. The number of benzene rings is 2. The molecule has 0 aliphatic carbocycles. The molecule has 10 heteroatoms. The van der Waals surface area contributed by atoms with Crippen LogP contribution in [-0.4, -0.2) is 49.9 Å². The van der Waals surface area contributed by atoms with Crippen molar-refractivity contribution in [3.63, 3.8) is 0 Å². The van der Waals surface area contributed by atoms with Crippen LogP contribution in [-0.2, 0) is 14.8 Å². The molecule has 0 radical (unpaired) electrons. The van der Waals surface area contributed by atoms with Crippen LogP contribution < -0.4 is 14.8 Å². The normalized spacial score (nSPS) is 16.9. The van der Waals surface area contributed by atoms with E-state index in [4.69, 9.17) is 9.47 Å². The fraction of sp³-hybridized carbons (Fsp3) is 0.333. The smallest absolute Gasteiger partial charge is 0.243 e. The van der Waals surface area contributed by atoms with Gasteiger partial charge in [0.15, 0.2) is 16.6 Å². The summed E-state index contributed by atoms with van der Waals surface area (Å²) < 4.78 is 38.7. The predicted octanol–water partition coefficient (Wildman–Crippen LogP) is 3.93. The summed E-state index contributed by atoms with van der Waals surface area (Å²) in [5.41, 5.74) is 1.93. The van der Waals surface area contributed by atoms with Crippen LogP contribution in [0.5, 0.6) is 11.5 Å². The Kier molecular flexibility index (Phi) is 6.28. The quantitative estimate of drug-likeness (QED) is 0.571. The zero-order valence-corrected chi connectivity index (χ0v) is 20.3. The van der Waals surface area contributed by atoms with E-state index in [2.05, 4.69) is 10.3 Å². The highest BCUT2D eigenvalue weighted by atomic mass is 32.2. The van der Waals surface area contributed by atoms with Crippen LogP contribution in [0.4, 0.5) is 5.13 Å². The van der Waals surface area contributed by atoms with Crippen LogP contribution in [0.25, 0.3) is 10.4 Å². The summed E-state index contributed by atoms with van der Waals surface area (Å²) in [5.74, 6) is 0.601. The molecule has 1 saturated heterocycles. The number of hydrogen-bond acceptors (Lipinski definition) is 7. The average molecular weight is 500 g/mol. The van der Waals surface area contributed by atoms with Gasteiger partial charge in [0.2, 0.25) is 15.9 Å². The van der Waals surface area contributed by atoms with Crippen molar-refractivity contribution in [3.8, 4) is 21.9 Å². The van der Waals surface area contributed by atoms with Crippen LogP contribution in [0.3, 0.4) is 0 Å². The third-order valence-electron chi connectivity index (χ3n) is 6.04. The first-order valence-corrected chi connectivity index (χ1v) is 13.4. The molecule has 178 valence electrons. The maximum atomic E-state index is 13.1. The molecule has 2 aromatic carbocycles. The molecule has 1 aromatic heterocycles. The van der Waals surface area contributed by atoms with Crippen LogP contribution in [0.15, 0.2) is 53.4 Å². The number of anilines is 1. The van der Waals surface area contributed by atoms with Crippen molar-refractivity contribution in [2.24, 2.45) is 5.92 Å². The Labute approximate surface area is 202 Å². The fourth-order valence-electron chi connectivity index (χ4n) is 4.21. The maximum Gasteiger partial charge on any atom is 0.243 e. The summed E-state index contributed by atoms with van der Waals surface area (Å²) >= 11 is 1.45. The van der Waals surface area contributed by atoms with Gasteiger partial charge in [0, 0.05) is 25.1 Å². The van der Waals surface area contributed by atoms with Gasteiger partial charge in [-0.05, 0) is 37.5 Å². The van der Waals surface area contributed by atoms with Gasteiger partial charge in [-0.3, -0.25) is 4.79 Å². The summed E-state index contributed by atoms with van der Waals surface area (Å²) in [6.45, 7) is 3.32. The van der Waals surface area contributed by atoms with Gasteiger partial charge in [-0.2, -0.15) is 4.31 Å². The predicted molar refractivity (Wildman–Crippen MR) is 130 cm³/mol. The summed E-state index contributed by atoms with van der Waals surface area (Å²) in [4.78, 5) is 18.6. The molecule has 0 saturated carbocycles. The number of rotatable bonds is 5. The Bertz CT molecular complexity index is 1300. The molecule has 5 rings (SSSR count). The minimum absolute atomic E-state index is 0.121. The van der Waals surface area contributed by atoms with Crippen LogP contribution in [0.1, 0.15) is 18.5 Å². The highest BCUT2D eigenvalue weighted by Crippen LogP contribution is 2.35. The lowest BCUT2D eigenvalue weighted by Crippen LogP contribution is -2.41. The SMILES string of the molecule is Cc1nc(NC(=O)C2CCN(S(=O)(=O)c3ccc4c(c3)OCCO4)CC2)sc1-c1ccccc1. The standard InChI is InChI=1S/C24H25N3O5S2/c1-16-22(17-5-3-2-4-6-17)33-24(25-16)26-23(28)18-9-11-27(12-10-18)34(29,30)19-7-8-20-21(15-19)32-14-13-31-20/h2-8,15,18H,9-14H2,1H3,(H,25,26,28). The molecular formula is C24H25N3O5S2. The number of aromatic nitrogens is 1. The van der Waals surface area contributed by atoms with Gasteiger partial charge >= 0.3 is 0 Å². The Morgan fingerprint density at radius 1 is 1.06 bits per heavy atom. The molecule has 2 aliphatic rings. The Balaban J connectivity index is 1.22. The summed E-state index contributed by atoms with van der Waals surface area (Å²) in [7, 11) is -3.68. The lowest BCUT2D eigenvalue weighted by atomic mass is 9.97. The van der Waals surface area contributed by atoms with Crippen molar-refractivity contribution in [2.45, 2.75) is 24.7 Å². The van der Waals surface area contributed by atoms with E-state index in [1.54, 1.807) is 6.07 Å². The third-order valence-corrected chi connectivity index (χ3v) is 9.06. The fourth-order valence-corrected chi connectivity index (χ4v) is 6.67. The first-order valence-electron chi connectivity index (χ1n) is 11.2. The monoisotopic (exact) mass is 499 g/mol. The van der Waals surface area contributed by atoms with E-state index in [9.17, 15) is 13.2 Å². The Hall–Kier alpha value is -2.95. The second-order valence-electron chi connectivity index (χ2n) is 8.27. The zero-order valence-electron chi connectivity index (χ0n) is 18.7. The van der Waals surface area contributed by atoms with E-state index in [0.29, 0.717) is 42.7 Å². The number of sulfonamides is 1. The van der Waals surface area contributed by atoms with Gasteiger partial charge < -0.3 is 14.8 Å². The highest BCUT2D eigenvalue weighted by molar-refractivity contribution is 7.89. The number of ether oxygens (including phenoxy) is 2. The van der Waals surface area contributed by atoms with Gasteiger partial charge in [0.05, 0.1) is 15.5 Å². The molecule has 1 fully saturated rings. The maximum absolute atomic E-state index is 13.1. The third kappa shape index (κ3) is 4.53. The van der Waals surface area contributed by atoms with Crippen molar-refractivity contribution in [1.82, 2.24) is 9.29 Å². The van der Waals surface area contributed by atoms with Crippen molar-refractivity contribution in [3.05, 3.63) is 54.2 Å². The minimum Gasteiger partial charge on any atom is -0.486 e. The number of nitrogens with zero attached hydrogens (tertiary/aromatic N) is 2. The van der Waals surface area contributed by atoms with Crippen LogP contribution in [0.2, 0.25) is 0 Å². The lowest BCUT2D eigenvalue weighted by Gasteiger charge is -2.30. The van der Waals surface area contributed by atoms with Crippen molar-refractivity contribution in [2.75, 3.05) is 31.6 Å². The van der Waals surface area contributed by atoms with Crippen molar-refractivity contribution >= 4 is 32.4 Å². The number of carbonyl (C=O) groups excluding carboxylic acids is 1. The molecule has 0 atom stereocenters. The van der Waals surface area contributed by atoms with Crippen LogP contribution >= 0.6 is 11.3 Å². The number of carbonyl (C=O) groups is 1. The number of amides is 1. The molecule has 34 heavy (non-hydrogen) atoms. The summed E-state index contributed by atoms with van der Waals surface area (Å²) in [6.07, 6.45) is 0.900. The van der Waals surface area contributed by atoms with E-state index in [-0.39, 0.29) is 29.8 Å². The number of aryl methyl sites for hydroxylation is 1. The molecule has 1 N–H and O–H groups in total. The van der Waals surface area contributed by atoms with Crippen molar-refractivity contribution in [1.29, 1.82) is 0 Å². The zero-order chi connectivity index (χ0) is 23.7. The second-order valence-corrected chi connectivity index (χ2v) is 11.2. The second kappa shape index (κ2) is 9.36. The molecule has 1 amide bonds. The first kappa shape index (κ1) is 22.8. The van der Waals surface area contributed by atoms with E-state index in [1.807, 2.05) is 37.3 Å². The van der Waals surface area contributed by atoms with Gasteiger partial charge in [0.25, 0.3) is 0 Å². The van der Waals surface area contributed by atoms with Gasteiger partial charge in [-0.15, -0.1) is 0 Å². The molecule has 8 nitrogen and oxygen atoms in total. The Morgan fingerprint density at radius 3 is 2.50 bits per heavy atom. The molecule has 3 aromatic rings. The molecule has 0 unspecified atom stereocenters. The topological polar surface area (TPSA) is 97.8 Å². The number of piperidine rings is 1. The van der Waals surface area contributed by atoms with E-state index in [0.717, 1.165) is 16.1 Å². The first-order chi connectivity index (χ1) is 16.4. The largest absolute Gasteiger partial charge is 0.486 e. The number of nitrogens with one attached hydrogen (secondary N) is 1. The number of hydrogen-bond donors (Lipinski definition) is 1. The summed E-state index contributed by atoms with van der Waals surface area (Å²) in [6, 6.07) is 14.6. The number of thiazole rings is 1. The van der Waals surface area contributed by atoms with Crippen molar-refractivity contribution < 1.29 is 22.7 Å². The Morgan fingerprint density at radius 2 is 1.76 bits per heavy atom. The van der Waals surface area contributed by atoms with Crippen LogP contribution in [0, 0.1) is 12.8 Å². The molecule has 2 aliphatic heterocycles. The average Bonchev–Trinajstić information content (AvgIpc) is 3.24. The minimum atomic E-state index is -3.68.